The Morgan fingerprint density at radius 3 is 2.64 bits per heavy atom. The summed E-state index contributed by atoms with van der Waals surface area (Å²) in [6, 6.07) is 17.1. The molecule has 1 aliphatic rings. The van der Waals surface area contributed by atoms with Gasteiger partial charge < -0.3 is 15.2 Å². The Morgan fingerprint density at radius 2 is 1.83 bits per heavy atom. The van der Waals surface area contributed by atoms with E-state index in [4.69, 9.17) is 0 Å². The van der Waals surface area contributed by atoms with Gasteiger partial charge in [-0.15, -0.1) is 0 Å². The largest absolute Gasteiger partial charge is 0.351 e. The van der Waals surface area contributed by atoms with Gasteiger partial charge in [-0.25, -0.2) is 0 Å². The number of hydrogen-bond donors (Lipinski definition) is 2. The summed E-state index contributed by atoms with van der Waals surface area (Å²) in [6.45, 7) is 3.99. The van der Waals surface area contributed by atoms with Crippen molar-refractivity contribution in [2.75, 3.05) is 19.6 Å². The van der Waals surface area contributed by atoms with E-state index in [2.05, 4.69) is 15.3 Å². The molecule has 0 radical (unpaired) electrons. The monoisotopic (exact) mass is 482 g/mol. The van der Waals surface area contributed by atoms with Gasteiger partial charge in [0.25, 0.3) is 5.91 Å². The number of hydrogen-bond acceptors (Lipinski definition) is 4. The number of nitrogens with zero attached hydrogens (tertiary/aromatic N) is 2. The first-order valence-corrected chi connectivity index (χ1v) is 12.5. The zero-order chi connectivity index (χ0) is 25.1. The number of pyridine rings is 2. The maximum absolute atomic E-state index is 12.9. The lowest BCUT2D eigenvalue weighted by atomic mass is 9.93. The van der Waals surface area contributed by atoms with E-state index in [9.17, 15) is 14.4 Å². The second kappa shape index (κ2) is 10.3. The van der Waals surface area contributed by atoms with Gasteiger partial charge in [0.1, 0.15) is 5.69 Å². The lowest BCUT2D eigenvalue weighted by Gasteiger charge is -2.32. The number of H-pyrrole nitrogens is 1. The molecule has 4 aromatic rings. The number of aryl methyl sites for hydroxylation is 1. The molecule has 1 aliphatic heterocycles. The smallest absolute Gasteiger partial charge is 0.269 e. The quantitative estimate of drug-likeness (QED) is 0.435. The fourth-order valence-corrected chi connectivity index (χ4v) is 5.03. The molecule has 3 heterocycles. The van der Waals surface area contributed by atoms with Gasteiger partial charge in [0.2, 0.25) is 11.5 Å². The summed E-state index contributed by atoms with van der Waals surface area (Å²) in [5, 5.41) is 5.99. The Balaban J connectivity index is 1.09. The Morgan fingerprint density at radius 1 is 1.06 bits per heavy atom. The molecule has 2 aromatic carbocycles. The first-order valence-electron chi connectivity index (χ1n) is 12.5. The van der Waals surface area contributed by atoms with Gasteiger partial charge >= 0.3 is 0 Å². The summed E-state index contributed by atoms with van der Waals surface area (Å²) in [5.74, 6) is 0.465. The van der Waals surface area contributed by atoms with E-state index >= 15 is 0 Å². The number of amides is 2. The highest BCUT2D eigenvalue weighted by molar-refractivity contribution is 5.96. The summed E-state index contributed by atoms with van der Waals surface area (Å²) in [5.41, 5.74) is 2.98. The minimum absolute atomic E-state index is 0.114. The van der Waals surface area contributed by atoms with Crippen LogP contribution in [0.15, 0.2) is 65.6 Å². The van der Waals surface area contributed by atoms with Crippen LogP contribution in [0, 0.1) is 12.8 Å². The van der Waals surface area contributed by atoms with Gasteiger partial charge in [0.15, 0.2) is 0 Å². The molecule has 2 amide bonds. The Labute approximate surface area is 209 Å². The lowest BCUT2D eigenvalue weighted by molar-refractivity contribution is -0.131. The van der Waals surface area contributed by atoms with Gasteiger partial charge in [0, 0.05) is 48.2 Å². The Hall–Kier alpha value is -4.00. The number of benzene rings is 2. The van der Waals surface area contributed by atoms with Crippen LogP contribution in [0.3, 0.4) is 0 Å². The molecule has 1 fully saturated rings. The molecule has 36 heavy (non-hydrogen) atoms. The minimum atomic E-state index is -0.150. The zero-order valence-corrected chi connectivity index (χ0v) is 20.4. The number of rotatable bonds is 6. The average Bonchev–Trinajstić information content (AvgIpc) is 2.89. The highest BCUT2D eigenvalue weighted by Gasteiger charge is 2.23. The van der Waals surface area contributed by atoms with Gasteiger partial charge in [-0.05, 0) is 66.8 Å². The number of aromatic nitrogens is 2. The maximum atomic E-state index is 12.9. The summed E-state index contributed by atoms with van der Waals surface area (Å²) in [6.07, 6.45) is 4.86. The molecule has 0 spiro atoms. The molecular weight excluding hydrogens is 452 g/mol. The van der Waals surface area contributed by atoms with E-state index in [1.165, 1.54) is 0 Å². The summed E-state index contributed by atoms with van der Waals surface area (Å²) < 4.78 is 0. The summed E-state index contributed by atoms with van der Waals surface area (Å²) in [7, 11) is 0. The third-order valence-corrected chi connectivity index (χ3v) is 7.14. The van der Waals surface area contributed by atoms with Crippen molar-refractivity contribution >= 4 is 33.5 Å². The van der Waals surface area contributed by atoms with E-state index in [-0.39, 0.29) is 17.4 Å². The molecule has 7 heteroatoms. The highest BCUT2D eigenvalue weighted by atomic mass is 16.2. The fraction of sp³-hybridized carbons (Fsp3) is 0.310. The fourth-order valence-electron chi connectivity index (χ4n) is 5.03. The van der Waals surface area contributed by atoms with Crippen LogP contribution in [-0.2, 0) is 11.2 Å². The predicted octanol–water partition coefficient (Wildman–Crippen LogP) is 3.99. The first-order chi connectivity index (χ1) is 17.5. The second-order valence-corrected chi connectivity index (χ2v) is 9.66. The number of carbonyl (C=O) groups is 2. The Bertz CT molecular complexity index is 1490. The van der Waals surface area contributed by atoms with Crippen LogP contribution < -0.4 is 10.9 Å². The van der Waals surface area contributed by atoms with E-state index < -0.39 is 0 Å². The molecule has 1 saturated heterocycles. The van der Waals surface area contributed by atoms with E-state index in [0.29, 0.717) is 24.6 Å². The minimum Gasteiger partial charge on any atom is -0.351 e. The number of carbonyl (C=O) groups excluding carboxylic acids is 2. The highest BCUT2D eigenvalue weighted by Crippen LogP contribution is 2.22. The van der Waals surface area contributed by atoms with E-state index in [1.807, 2.05) is 60.4 Å². The first kappa shape index (κ1) is 23.7. The van der Waals surface area contributed by atoms with Crippen molar-refractivity contribution in [2.24, 2.45) is 5.92 Å². The SMILES string of the molecule is Cc1cc(=O)[nH]c2ccc(CC(=O)N3CCC(CCNC(=O)c4cc5ccccc5cn4)CC3)cc12. The van der Waals surface area contributed by atoms with Crippen LogP contribution in [0.5, 0.6) is 0 Å². The molecule has 0 bridgehead atoms. The molecule has 184 valence electrons. The van der Waals surface area contributed by atoms with Crippen LogP contribution in [0.25, 0.3) is 21.7 Å². The number of aromatic amines is 1. The molecule has 0 saturated carbocycles. The number of nitrogens with one attached hydrogen (secondary N) is 2. The predicted molar refractivity (Wildman–Crippen MR) is 141 cm³/mol. The molecule has 0 unspecified atom stereocenters. The van der Waals surface area contributed by atoms with Gasteiger partial charge in [0.05, 0.1) is 6.42 Å². The van der Waals surface area contributed by atoms with Crippen LogP contribution in [0.4, 0.5) is 0 Å². The zero-order valence-electron chi connectivity index (χ0n) is 20.4. The van der Waals surface area contributed by atoms with Crippen molar-refractivity contribution in [3.05, 3.63) is 88.0 Å². The molecule has 2 aromatic heterocycles. The molecular formula is C29H30N4O3. The van der Waals surface area contributed by atoms with Gasteiger partial charge in [-0.2, -0.15) is 0 Å². The third-order valence-electron chi connectivity index (χ3n) is 7.14. The van der Waals surface area contributed by atoms with Crippen LogP contribution in [0.2, 0.25) is 0 Å². The van der Waals surface area contributed by atoms with Crippen LogP contribution in [-0.4, -0.2) is 46.3 Å². The van der Waals surface area contributed by atoms with Gasteiger partial charge in [-0.3, -0.25) is 19.4 Å². The van der Waals surface area contributed by atoms with E-state index in [1.54, 1.807) is 12.3 Å². The third kappa shape index (κ3) is 5.30. The Kier molecular flexibility index (Phi) is 6.80. The number of likely N-dealkylation sites (tertiary alicyclic amines) is 1. The normalized spacial score (nSPS) is 14.3. The van der Waals surface area contributed by atoms with Crippen molar-refractivity contribution in [3.63, 3.8) is 0 Å². The summed E-state index contributed by atoms with van der Waals surface area (Å²) >= 11 is 0. The van der Waals surface area contributed by atoms with Gasteiger partial charge in [-0.1, -0.05) is 30.3 Å². The van der Waals surface area contributed by atoms with Crippen LogP contribution >= 0.6 is 0 Å². The number of piperidine rings is 1. The van der Waals surface area contributed by atoms with Crippen molar-refractivity contribution in [1.82, 2.24) is 20.2 Å². The molecule has 2 N–H and O–H groups in total. The molecule has 7 nitrogen and oxygen atoms in total. The average molecular weight is 483 g/mol. The molecule has 5 rings (SSSR count). The van der Waals surface area contributed by atoms with Crippen molar-refractivity contribution in [1.29, 1.82) is 0 Å². The van der Waals surface area contributed by atoms with Crippen molar-refractivity contribution in [2.45, 2.75) is 32.6 Å². The van der Waals surface area contributed by atoms with Crippen LogP contribution in [0.1, 0.15) is 40.9 Å². The standard InChI is InChI=1S/C29H30N4O3/c1-19-14-27(34)32-25-7-6-21(15-24(19)25)16-28(35)33-12-9-20(10-13-33)8-11-30-29(36)26-17-22-4-2-3-5-23(22)18-31-26/h2-7,14-15,17-18,20H,8-13,16H2,1H3,(H,30,36)(H,32,34). The topological polar surface area (TPSA) is 95.2 Å². The number of fused-ring (bicyclic) bond motifs is 2. The second-order valence-electron chi connectivity index (χ2n) is 9.66. The summed E-state index contributed by atoms with van der Waals surface area (Å²) in [4.78, 5) is 46.2. The molecule has 0 aliphatic carbocycles. The lowest BCUT2D eigenvalue weighted by Crippen LogP contribution is -2.40. The molecule has 0 atom stereocenters. The van der Waals surface area contributed by atoms with E-state index in [0.717, 1.165) is 65.2 Å². The van der Waals surface area contributed by atoms with Crippen molar-refractivity contribution in [3.8, 4) is 0 Å². The van der Waals surface area contributed by atoms with Crippen molar-refractivity contribution < 1.29 is 9.59 Å². The maximum Gasteiger partial charge on any atom is 0.269 e.